The van der Waals surface area contributed by atoms with Crippen LogP contribution in [0.5, 0.6) is 0 Å². The fourth-order valence-electron chi connectivity index (χ4n) is 4.81. The molecule has 7 nitrogen and oxygen atoms in total. The van der Waals surface area contributed by atoms with E-state index in [9.17, 15) is 22.8 Å². The first-order chi connectivity index (χ1) is 17.7. The third-order valence-electron chi connectivity index (χ3n) is 6.47. The van der Waals surface area contributed by atoms with E-state index in [2.05, 4.69) is 4.72 Å². The molecule has 0 atom stereocenters. The average molecular weight is 534 g/mol. The largest absolute Gasteiger partial charge is 0.455 e. The molecule has 0 aliphatic rings. The summed E-state index contributed by atoms with van der Waals surface area (Å²) in [6.07, 6.45) is 0. The summed E-state index contributed by atoms with van der Waals surface area (Å²) in [7, 11) is -7.40. The summed E-state index contributed by atoms with van der Waals surface area (Å²) < 4.78 is 47.5. The first-order valence-corrected chi connectivity index (χ1v) is 14.5. The zero-order chi connectivity index (χ0) is 26.3. The molecule has 0 spiro atoms. The fraction of sp³-hybridized carbons (Fsp3) is 0.0714. The zero-order valence-electron chi connectivity index (χ0n) is 19.8. The second kappa shape index (κ2) is 9.41. The second-order valence-electron chi connectivity index (χ2n) is 8.53. The third-order valence-corrected chi connectivity index (χ3v) is 9.60. The number of sulfonamides is 1. The molecule has 3 N–H and O–H groups in total. The molecule has 37 heavy (non-hydrogen) atoms. The molecule has 188 valence electrons. The van der Waals surface area contributed by atoms with Crippen molar-refractivity contribution in [2.75, 3.05) is 7.05 Å². The van der Waals surface area contributed by atoms with Crippen molar-refractivity contribution >= 4 is 28.6 Å². The van der Waals surface area contributed by atoms with E-state index in [1.807, 2.05) is 0 Å². The van der Waals surface area contributed by atoms with Crippen molar-refractivity contribution < 1.29 is 27.2 Å². The van der Waals surface area contributed by atoms with Gasteiger partial charge in [0.25, 0.3) is 0 Å². The standard InChI is InChI=1S/C28H24NO6PS/c1-29-37(33,34)27-24-14-8-9-15-25(24)35-26(27)20-16-18-23(19-17-20)28(36(30,31)32,21-10-4-2-5-11-21)22-12-6-3-7-13-22/h2-19,29H,1H3,(H2,30,31,32). The number of rotatable bonds is 7. The first kappa shape index (κ1) is 25.1. The Morgan fingerprint density at radius 2 is 1.22 bits per heavy atom. The first-order valence-electron chi connectivity index (χ1n) is 11.4. The third kappa shape index (κ3) is 4.13. The van der Waals surface area contributed by atoms with Gasteiger partial charge in [-0.15, -0.1) is 0 Å². The van der Waals surface area contributed by atoms with Crippen LogP contribution in [0.2, 0.25) is 0 Å². The SMILES string of the molecule is CNS(=O)(=O)c1c(-c2ccc(C(c3ccccc3)(c3ccccc3)P(=O)(O)O)cc2)oc2ccccc12. The van der Waals surface area contributed by atoms with Crippen molar-refractivity contribution in [3.63, 3.8) is 0 Å². The quantitative estimate of drug-likeness (QED) is 0.189. The molecular weight excluding hydrogens is 509 g/mol. The van der Waals surface area contributed by atoms with Crippen LogP contribution in [0.1, 0.15) is 16.7 Å². The Bertz CT molecular complexity index is 1670. The Balaban J connectivity index is 1.76. The highest BCUT2D eigenvalue weighted by Gasteiger charge is 2.51. The number of hydrogen-bond acceptors (Lipinski definition) is 4. The molecule has 9 heteroatoms. The molecule has 0 saturated carbocycles. The lowest BCUT2D eigenvalue weighted by molar-refractivity contribution is 0.349. The number of para-hydroxylation sites is 1. The molecule has 5 rings (SSSR count). The normalized spacial score (nSPS) is 12.6. The van der Waals surface area contributed by atoms with E-state index in [4.69, 9.17) is 4.42 Å². The molecule has 0 fully saturated rings. The molecule has 1 aromatic heterocycles. The highest BCUT2D eigenvalue weighted by molar-refractivity contribution is 7.89. The predicted molar refractivity (Wildman–Crippen MR) is 143 cm³/mol. The Labute approximate surface area is 214 Å². The average Bonchev–Trinajstić information content (AvgIpc) is 3.31. The van der Waals surface area contributed by atoms with Crippen LogP contribution in [-0.2, 0) is 19.7 Å². The van der Waals surface area contributed by atoms with E-state index < -0.39 is 22.8 Å². The van der Waals surface area contributed by atoms with Gasteiger partial charge in [0.15, 0.2) is 5.76 Å². The highest BCUT2D eigenvalue weighted by atomic mass is 32.2. The van der Waals surface area contributed by atoms with Crippen LogP contribution >= 0.6 is 7.60 Å². The fourth-order valence-corrected chi connectivity index (χ4v) is 7.33. The van der Waals surface area contributed by atoms with Crippen molar-refractivity contribution in [2.24, 2.45) is 0 Å². The van der Waals surface area contributed by atoms with Crippen LogP contribution in [0.15, 0.2) is 119 Å². The van der Waals surface area contributed by atoms with Crippen LogP contribution in [0.4, 0.5) is 0 Å². The van der Waals surface area contributed by atoms with Gasteiger partial charge < -0.3 is 14.2 Å². The van der Waals surface area contributed by atoms with E-state index in [1.165, 1.54) is 7.05 Å². The van der Waals surface area contributed by atoms with E-state index in [0.29, 0.717) is 33.2 Å². The molecular formula is C28H24NO6PS. The minimum Gasteiger partial charge on any atom is -0.455 e. The summed E-state index contributed by atoms with van der Waals surface area (Å²) in [6.45, 7) is 0. The van der Waals surface area contributed by atoms with E-state index in [1.54, 1.807) is 109 Å². The Morgan fingerprint density at radius 1 is 0.730 bits per heavy atom. The van der Waals surface area contributed by atoms with Gasteiger partial charge in [0.05, 0.1) is 0 Å². The topological polar surface area (TPSA) is 117 Å². The van der Waals surface area contributed by atoms with Gasteiger partial charge in [0.1, 0.15) is 15.6 Å². The monoisotopic (exact) mass is 533 g/mol. The van der Waals surface area contributed by atoms with Crippen molar-refractivity contribution in [2.45, 2.75) is 10.1 Å². The number of nitrogens with one attached hydrogen (secondary N) is 1. The minimum absolute atomic E-state index is 0.00530. The zero-order valence-corrected chi connectivity index (χ0v) is 21.5. The van der Waals surface area contributed by atoms with Crippen molar-refractivity contribution in [1.82, 2.24) is 4.72 Å². The number of fused-ring (bicyclic) bond motifs is 1. The maximum atomic E-state index is 13.3. The number of hydrogen-bond donors (Lipinski definition) is 3. The Kier molecular flexibility index (Phi) is 6.40. The lowest BCUT2D eigenvalue weighted by Gasteiger charge is -2.36. The molecule has 0 radical (unpaired) electrons. The molecule has 0 saturated heterocycles. The Morgan fingerprint density at radius 3 is 1.73 bits per heavy atom. The van der Waals surface area contributed by atoms with Gasteiger partial charge >= 0.3 is 7.60 Å². The summed E-state index contributed by atoms with van der Waals surface area (Å²) in [4.78, 5) is 21.7. The highest BCUT2D eigenvalue weighted by Crippen LogP contribution is 2.64. The molecule has 0 bridgehead atoms. The Hall–Kier alpha value is -3.52. The predicted octanol–water partition coefficient (Wildman–Crippen LogP) is 5.48. The maximum absolute atomic E-state index is 13.3. The van der Waals surface area contributed by atoms with Crippen LogP contribution in [0.25, 0.3) is 22.3 Å². The molecule has 1 heterocycles. The van der Waals surface area contributed by atoms with Gasteiger partial charge in [0.2, 0.25) is 10.0 Å². The van der Waals surface area contributed by atoms with Crippen molar-refractivity contribution in [3.8, 4) is 11.3 Å². The van der Waals surface area contributed by atoms with Gasteiger partial charge in [-0.1, -0.05) is 97.1 Å². The molecule has 4 aromatic carbocycles. The molecule has 0 amide bonds. The van der Waals surface area contributed by atoms with Gasteiger partial charge in [-0.05, 0) is 35.9 Å². The maximum Gasteiger partial charge on any atom is 0.344 e. The van der Waals surface area contributed by atoms with Gasteiger partial charge in [-0.3, -0.25) is 4.57 Å². The van der Waals surface area contributed by atoms with Crippen LogP contribution in [0, 0.1) is 0 Å². The van der Waals surface area contributed by atoms with E-state index in [0.717, 1.165) is 0 Å². The lowest BCUT2D eigenvalue weighted by atomic mass is 9.83. The van der Waals surface area contributed by atoms with Gasteiger partial charge in [-0.2, -0.15) is 0 Å². The van der Waals surface area contributed by atoms with Crippen molar-refractivity contribution in [1.29, 1.82) is 0 Å². The summed E-state index contributed by atoms with van der Waals surface area (Å²) in [5.74, 6) is 0.142. The summed E-state index contributed by atoms with van der Waals surface area (Å²) in [5, 5.41) is -1.34. The van der Waals surface area contributed by atoms with E-state index in [-0.39, 0.29) is 10.7 Å². The summed E-state index contributed by atoms with van der Waals surface area (Å²) in [6, 6.07) is 30.6. The summed E-state index contributed by atoms with van der Waals surface area (Å²) >= 11 is 0. The van der Waals surface area contributed by atoms with Crippen LogP contribution in [-0.4, -0.2) is 25.3 Å². The smallest absolute Gasteiger partial charge is 0.344 e. The molecule has 0 aliphatic heterocycles. The molecule has 5 aromatic rings. The van der Waals surface area contributed by atoms with E-state index >= 15 is 0 Å². The van der Waals surface area contributed by atoms with Gasteiger partial charge in [-0.25, -0.2) is 13.1 Å². The molecule has 0 aliphatic carbocycles. The number of furan rings is 1. The summed E-state index contributed by atoms with van der Waals surface area (Å²) in [5.41, 5.74) is 2.09. The lowest BCUT2D eigenvalue weighted by Crippen LogP contribution is -2.29. The second-order valence-corrected chi connectivity index (χ2v) is 12.1. The number of benzene rings is 4. The van der Waals surface area contributed by atoms with Gasteiger partial charge in [0, 0.05) is 10.9 Å². The van der Waals surface area contributed by atoms with Crippen LogP contribution < -0.4 is 4.72 Å². The minimum atomic E-state index is -4.85. The van der Waals surface area contributed by atoms with Crippen LogP contribution in [0.3, 0.4) is 0 Å². The van der Waals surface area contributed by atoms with Crippen molar-refractivity contribution in [3.05, 3.63) is 126 Å². The molecule has 0 unspecified atom stereocenters.